The van der Waals surface area contributed by atoms with Crippen LogP contribution in [0.2, 0.25) is 0 Å². The number of rotatable bonds is 13. The molecule has 4 aromatic rings. The van der Waals surface area contributed by atoms with Crippen molar-refractivity contribution < 1.29 is 39.6 Å². The number of carbonyl (C=O) groups is 4. The molecule has 222 valence electrons. The van der Waals surface area contributed by atoms with Gasteiger partial charge in [0.25, 0.3) is 0 Å². The number of nitrogens with zero attached hydrogens (tertiary/aromatic N) is 6. The second-order valence-electron chi connectivity index (χ2n) is 8.75. The highest BCUT2D eigenvalue weighted by molar-refractivity contribution is 5.70. The van der Waals surface area contributed by atoms with Gasteiger partial charge in [0.05, 0.1) is 0 Å². The van der Waals surface area contributed by atoms with Crippen molar-refractivity contribution in [2.75, 3.05) is 0 Å². The third-order valence-corrected chi connectivity index (χ3v) is 5.40. The Balaban J connectivity index is 0.000000284. The summed E-state index contributed by atoms with van der Waals surface area (Å²) in [5, 5.41) is 32.1. The van der Waals surface area contributed by atoms with E-state index < -0.39 is 23.9 Å². The first-order chi connectivity index (χ1) is 20.2. The van der Waals surface area contributed by atoms with Crippen LogP contribution in [-0.2, 0) is 32.3 Å². The Kier molecular flexibility index (Phi) is 14.1. The van der Waals surface area contributed by atoms with Crippen molar-refractivity contribution in [3.05, 3.63) is 85.0 Å². The number of hydrogen-bond acceptors (Lipinski definition) is 8. The summed E-state index contributed by atoms with van der Waals surface area (Å²) >= 11 is 0. The number of carboxylic acid groups (broad SMARTS) is 4. The average molecular weight is 581 g/mol. The zero-order valence-electron chi connectivity index (χ0n) is 22.7. The topological polar surface area (TPSA) is 211 Å². The largest absolute Gasteiger partial charge is 0.481 e. The Morgan fingerprint density at radius 2 is 0.833 bits per heavy atom. The third-order valence-electron chi connectivity index (χ3n) is 5.40. The van der Waals surface area contributed by atoms with Gasteiger partial charge >= 0.3 is 23.9 Å². The van der Waals surface area contributed by atoms with E-state index in [0.717, 1.165) is 24.7 Å². The Morgan fingerprint density at radius 3 is 1.12 bits per heavy atom. The number of imidazole rings is 2. The molecule has 4 aromatic heterocycles. The minimum Gasteiger partial charge on any atom is -0.481 e. The quantitative estimate of drug-likeness (QED) is 0.179. The van der Waals surface area contributed by atoms with Gasteiger partial charge in [-0.1, -0.05) is 0 Å². The fraction of sp³-hybridized carbons (Fsp3) is 0.286. The van der Waals surface area contributed by atoms with E-state index in [4.69, 9.17) is 20.4 Å². The highest BCUT2D eigenvalue weighted by Gasteiger charge is 2.13. The summed E-state index contributed by atoms with van der Waals surface area (Å²) in [6.07, 6.45) is 14.9. The van der Waals surface area contributed by atoms with Crippen molar-refractivity contribution in [3.8, 4) is 11.6 Å². The monoisotopic (exact) mass is 580 g/mol. The molecule has 0 aromatic carbocycles. The lowest BCUT2D eigenvalue weighted by Gasteiger charge is -2.10. The van der Waals surface area contributed by atoms with E-state index in [2.05, 4.69) is 29.1 Å². The second-order valence-corrected chi connectivity index (χ2v) is 8.75. The molecule has 0 amide bonds. The number of hydrogen-bond donors (Lipinski definition) is 4. The molecule has 0 aliphatic heterocycles. The Hall–Kier alpha value is -5.40. The first-order valence-electron chi connectivity index (χ1n) is 12.8. The van der Waals surface area contributed by atoms with E-state index in [1.165, 1.54) is 11.1 Å². The van der Waals surface area contributed by atoms with Gasteiger partial charge in [-0.05, 0) is 48.2 Å². The Morgan fingerprint density at radius 1 is 0.524 bits per heavy atom. The summed E-state index contributed by atoms with van der Waals surface area (Å²) in [6, 6.07) is 8.03. The van der Waals surface area contributed by atoms with Gasteiger partial charge in [0, 0.05) is 88.3 Å². The Labute approximate surface area is 241 Å². The van der Waals surface area contributed by atoms with E-state index in [9.17, 15) is 19.2 Å². The SMILES string of the molecule is O=C(O)CCCC(=O)O.O=C(O)CCCC(=O)O.c1cc(Cn2ccnc2-c2nccn2Cc2ccncc2)ccn1. The van der Waals surface area contributed by atoms with Gasteiger partial charge in [-0.3, -0.25) is 29.1 Å². The van der Waals surface area contributed by atoms with Crippen LogP contribution in [0.15, 0.2) is 73.8 Å². The third kappa shape index (κ3) is 13.1. The first-order valence-corrected chi connectivity index (χ1v) is 12.8. The van der Waals surface area contributed by atoms with Gasteiger partial charge < -0.3 is 29.6 Å². The van der Waals surface area contributed by atoms with Crippen molar-refractivity contribution >= 4 is 23.9 Å². The smallest absolute Gasteiger partial charge is 0.303 e. The van der Waals surface area contributed by atoms with Gasteiger partial charge in [-0.25, -0.2) is 9.97 Å². The van der Waals surface area contributed by atoms with Gasteiger partial charge in [-0.2, -0.15) is 0 Å². The maximum atomic E-state index is 9.79. The number of aliphatic carboxylic acids is 4. The summed E-state index contributed by atoms with van der Waals surface area (Å²) < 4.78 is 4.20. The van der Waals surface area contributed by atoms with E-state index in [1.807, 2.05) is 49.1 Å². The molecule has 4 rings (SSSR count). The number of pyridine rings is 2. The summed E-state index contributed by atoms with van der Waals surface area (Å²) in [5.74, 6) is -2.09. The zero-order chi connectivity index (χ0) is 30.7. The van der Waals surface area contributed by atoms with Crippen molar-refractivity contribution in [1.29, 1.82) is 0 Å². The molecule has 0 bridgehead atoms. The molecule has 0 fully saturated rings. The van der Waals surface area contributed by atoms with Crippen molar-refractivity contribution in [2.45, 2.75) is 51.6 Å². The van der Waals surface area contributed by atoms with Crippen LogP contribution in [0.1, 0.15) is 49.7 Å². The highest BCUT2D eigenvalue weighted by atomic mass is 16.4. The fourth-order valence-electron chi connectivity index (χ4n) is 3.44. The van der Waals surface area contributed by atoms with Crippen LogP contribution >= 0.6 is 0 Å². The predicted octanol–water partition coefficient (Wildman–Crippen LogP) is 3.29. The van der Waals surface area contributed by atoms with Gasteiger partial charge in [0.15, 0.2) is 11.6 Å². The van der Waals surface area contributed by atoms with Crippen LogP contribution in [0.5, 0.6) is 0 Å². The normalized spacial score (nSPS) is 10.0. The minimum atomic E-state index is -0.948. The molecule has 14 nitrogen and oxygen atoms in total. The van der Waals surface area contributed by atoms with Crippen LogP contribution in [0.25, 0.3) is 11.6 Å². The van der Waals surface area contributed by atoms with E-state index in [0.29, 0.717) is 0 Å². The lowest BCUT2D eigenvalue weighted by atomic mass is 10.2. The van der Waals surface area contributed by atoms with Crippen molar-refractivity contribution in [1.82, 2.24) is 29.1 Å². The fourth-order valence-corrected chi connectivity index (χ4v) is 3.44. The maximum Gasteiger partial charge on any atom is 0.303 e. The van der Waals surface area contributed by atoms with E-state index >= 15 is 0 Å². The average Bonchev–Trinajstić information content (AvgIpc) is 3.59. The second kappa shape index (κ2) is 18.0. The Bertz CT molecular complexity index is 1270. The van der Waals surface area contributed by atoms with Crippen LogP contribution in [0.4, 0.5) is 0 Å². The lowest BCUT2D eigenvalue weighted by molar-refractivity contribution is -0.140. The summed E-state index contributed by atoms with van der Waals surface area (Å²) in [5.41, 5.74) is 2.35. The molecule has 4 heterocycles. The van der Waals surface area contributed by atoms with Crippen LogP contribution < -0.4 is 0 Å². The molecular weight excluding hydrogens is 548 g/mol. The lowest BCUT2D eigenvalue weighted by Crippen LogP contribution is -2.07. The minimum absolute atomic E-state index is 0.0632. The van der Waals surface area contributed by atoms with Gasteiger partial charge in [-0.15, -0.1) is 0 Å². The van der Waals surface area contributed by atoms with Gasteiger partial charge in [0.1, 0.15) is 0 Å². The van der Waals surface area contributed by atoms with Crippen LogP contribution in [-0.4, -0.2) is 73.4 Å². The number of aromatic nitrogens is 6. The molecule has 0 spiro atoms. The molecule has 0 aliphatic carbocycles. The first kappa shape index (κ1) is 32.8. The summed E-state index contributed by atoms with van der Waals surface area (Å²) in [7, 11) is 0. The molecule has 0 saturated carbocycles. The standard InChI is InChI=1S/C18H16N6.2C5H8O4/c1-5-19-6-2-15(1)13-23-11-9-21-17(23)18-22-10-12-24(18)14-16-3-7-20-8-4-16;2*6-4(7)2-1-3-5(8)9/h1-12H,13-14H2;2*1-3H2,(H,6,7)(H,8,9). The highest BCUT2D eigenvalue weighted by Crippen LogP contribution is 2.18. The van der Waals surface area contributed by atoms with Crippen LogP contribution in [0.3, 0.4) is 0 Å². The van der Waals surface area contributed by atoms with E-state index in [-0.39, 0.29) is 38.5 Å². The van der Waals surface area contributed by atoms with Gasteiger partial charge in [0.2, 0.25) is 0 Å². The molecule has 4 N–H and O–H groups in total. The maximum absolute atomic E-state index is 9.79. The molecule has 0 saturated heterocycles. The van der Waals surface area contributed by atoms with E-state index in [1.54, 1.807) is 24.8 Å². The molecule has 0 atom stereocenters. The molecule has 42 heavy (non-hydrogen) atoms. The van der Waals surface area contributed by atoms with Crippen molar-refractivity contribution in [3.63, 3.8) is 0 Å². The molecule has 0 radical (unpaired) electrons. The number of carboxylic acids is 4. The van der Waals surface area contributed by atoms with Crippen molar-refractivity contribution in [2.24, 2.45) is 0 Å². The zero-order valence-corrected chi connectivity index (χ0v) is 22.7. The summed E-state index contributed by atoms with van der Waals surface area (Å²) in [4.78, 5) is 56.3. The molecular formula is C28H32N6O8. The predicted molar refractivity (Wildman–Crippen MR) is 148 cm³/mol. The molecule has 14 heteroatoms. The molecule has 0 aliphatic rings. The van der Waals surface area contributed by atoms with Crippen LogP contribution in [0, 0.1) is 0 Å². The molecule has 0 unspecified atom stereocenters. The summed E-state index contributed by atoms with van der Waals surface area (Å²) in [6.45, 7) is 1.47.